The van der Waals surface area contributed by atoms with Gasteiger partial charge in [-0.25, -0.2) is 4.98 Å². The van der Waals surface area contributed by atoms with E-state index in [0.29, 0.717) is 23.6 Å². The third kappa shape index (κ3) is 2.77. The number of thioether (sulfide) groups is 1. The van der Waals surface area contributed by atoms with Gasteiger partial charge in [-0.05, 0) is 6.07 Å². The number of hydrogen-bond donors (Lipinski definition) is 0. The van der Waals surface area contributed by atoms with Crippen molar-refractivity contribution in [3.05, 3.63) is 41.9 Å². The van der Waals surface area contributed by atoms with Crippen molar-refractivity contribution in [2.24, 2.45) is 0 Å². The fraction of sp³-hybridized carbons (Fsp3) is 0.471. The molecule has 2 aliphatic heterocycles. The van der Waals surface area contributed by atoms with E-state index in [2.05, 4.69) is 10.1 Å². The summed E-state index contributed by atoms with van der Waals surface area (Å²) in [5.74, 6) is 2.29. The Morgan fingerprint density at radius 3 is 3.12 bits per heavy atom. The minimum absolute atomic E-state index is 0.0217. The van der Waals surface area contributed by atoms with Gasteiger partial charge in [0.25, 0.3) is 5.91 Å². The zero-order chi connectivity index (χ0) is 16.6. The van der Waals surface area contributed by atoms with E-state index in [4.69, 9.17) is 9.26 Å². The highest BCUT2D eigenvalue weighted by Gasteiger charge is 2.51. The smallest absolute Gasteiger partial charge is 0.259 e. The standard InChI is InChI=1S/C17H19N3O3S/c1-2-14-13(8-19-23-14)16(21)20-10-17(11-20)7-12(9-24-17)22-15-5-3-4-6-18-15/h3-6,8,12H,2,7,9-11H2,1H3/t12-/m0/s1. The van der Waals surface area contributed by atoms with Gasteiger partial charge in [0, 0.05) is 43.9 Å². The van der Waals surface area contributed by atoms with Gasteiger partial charge in [0.05, 0.1) is 10.9 Å². The summed E-state index contributed by atoms with van der Waals surface area (Å²) in [6.07, 6.45) is 5.04. The molecule has 1 spiro atoms. The van der Waals surface area contributed by atoms with Crippen LogP contribution in [-0.2, 0) is 6.42 Å². The Morgan fingerprint density at radius 1 is 1.50 bits per heavy atom. The van der Waals surface area contributed by atoms with Crippen molar-refractivity contribution < 1.29 is 14.1 Å². The predicted octanol–water partition coefficient (Wildman–Crippen LogP) is 2.41. The molecule has 1 amide bonds. The second kappa shape index (κ2) is 6.12. The Hall–Kier alpha value is -2.02. The van der Waals surface area contributed by atoms with Crippen LogP contribution >= 0.6 is 11.8 Å². The first-order valence-corrected chi connectivity index (χ1v) is 9.12. The van der Waals surface area contributed by atoms with Crippen molar-refractivity contribution in [3.63, 3.8) is 0 Å². The summed E-state index contributed by atoms with van der Waals surface area (Å²) in [6, 6.07) is 5.68. The maximum absolute atomic E-state index is 12.6. The molecule has 24 heavy (non-hydrogen) atoms. The molecule has 0 saturated carbocycles. The zero-order valence-corrected chi connectivity index (χ0v) is 14.3. The van der Waals surface area contributed by atoms with Crippen molar-refractivity contribution in [1.82, 2.24) is 15.0 Å². The molecule has 0 unspecified atom stereocenters. The first-order valence-electron chi connectivity index (χ1n) is 8.13. The van der Waals surface area contributed by atoms with Gasteiger partial charge in [-0.15, -0.1) is 11.8 Å². The van der Waals surface area contributed by atoms with Crippen LogP contribution in [0.1, 0.15) is 29.5 Å². The summed E-state index contributed by atoms with van der Waals surface area (Å²) >= 11 is 1.90. The van der Waals surface area contributed by atoms with E-state index in [9.17, 15) is 4.79 Å². The van der Waals surface area contributed by atoms with Crippen molar-refractivity contribution in [3.8, 4) is 5.88 Å². The number of hydrogen-bond acceptors (Lipinski definition) is 6. The second-order valence-electron chi connectivity index (χ2n) is 6.28. The van der Waals surface area contributed by atoms with E-state index in [1.54, 1.807) is 6.20 Å². The van der Waals surface area contributed by atoms with Crippen molar-refractivity contribution in [1.29, 1.82) is 0 Å². The monoisotopic (exact) mass is 345 g/mol. The van der Waals surface area contributed by atoms with Crippen LogP contribution in [0, 0.1) is 0 Å². The molecular weight excluding hydrogens is 326 g/mol. The molecule has 1 atom stereocenters. The first kappa shape index (κ1) is 15.5. The lowest BCUT2D eigenvalue weighted by molar-refractivity contribution is 0.0513. The molecule has 0 radical (unpaired) electrons. The lowest BCUT2D eigenvalue weighted by Gasteiger charge is -2.47. The van der Waals surface area contributed by atoms with E-state index in [0.717, 1.165) is 25.3 Å². The lowest BCUT2D eigenvalue weighted by atomic mass is 9.92. The molecule has 4 heterocycles. The fourth-order valence-electron chi connectivity index (χ4n) is 3.34. The van der Waals surface area contributed by atoms with Gasteiger partial charge in [0.15, 0.2) is 0 Å². The molecule has 2 aliphatic rings. The van der Waals surface area contributed by atoms with Gasteiger partial charge < -0.3 is 14.2 Å². The first-order chi connectivity index (χ1) is 11.7. The van der Waals surface area contributed by atoms with Crippen LogP contribution in [0.3, 0.4) is 0 Å². The van der Waals surface area contributed by atoms with Crippen LogP contribution in [0.4, 0.5) is 0 Å². The summed E-state index contributed by atoms with van der Waals surface area (Å²) in [5.41, 5.74) is 0.594. The number of rotatable bonds is 4. The molecule has 2 saturated heterocycles. The number of likely N-dealkylation sites (tertiary alicyclic amines) is 1. The molecule has 2 aromatic heterocycles. The molecular formula is C17H19N3O3S. The van der Waals surface area contributed by atoms with E-state index >= 15 is 0 Å². The Balaban J connectivity index is 1.35. The third-order valence-corrected chi connectivity index (χ3v) is 6.12. The Bertz CT molecular complexity index is 728. The molecule has 0 N–H and O–H groups in total. The molecule has 6 nitrogen and oxygen atoms in total. The minimum atomic E-state index is 0.0217. The van der Waals surface area contributed by atoms with E-state index < -0.39 is 0 Å². The fourth-order valence-corrected chi connectivity index (χ4v) is 4.87. The summed E-state index contributed by atoms with van der Waals surface area (Å²) in [5, 5.41) is 3.75. The van der Waals surface area contributed by atoms with Crippen LogP contribution in [0.15, 0.2) is 35.1 Å². The van der Waals surface area contributed by atoms with E-state index in [1.807, 2.05) is 41.8 Å². The number of nitrogens with zero attached hydrogens (tertiary/aromatic N) is 3. The van der Waals surface area contributed by atoms with Crippen LogP contribution in [0.2, 0.25) is 0 Å². The predicted molar refractivity (Wildman–Crippen MR) is 90.2 cm³/mol. The average Bonchev–Trinajstić information content (AvgIpc) is 3.20. The number of carbonyl (C=O) groups is 1. The number of ether oxygens (including phenoxy) is 1. The molecule has 126 valence electrons. The van der Waals surface area contributed by atoms with Gasteiger partial charge >= 0.3 is 0 Å². The van der Waals surface area contributed by atoms with Gasteiger partial charge in [-0.3, -0.25) is 4.79 Å². The highest BCUT2D eigenvalue weighted by Crippen LogP contribution is 2.46. The molecule has 2 aromatic rings. The maximum atomic E-state index is 12.6. The summed E-state index contributed by atoms with van der Waals surface area (Å²) in [7, 11) is 0. The molecule has 4 rings (SSSR count). The lowest BCUT2D eigenvalue weighted by Crippen LogP contribution is -2.60. The normalized spacial score (nSPS) is 21.7. The highest BCUT2D eigenvalue weighted by atomic mass is 32.2. The number of aryl methyl sites for hydroxylation is 1. The van der Waals surface area contributed by atoms with Gasteiger partial charge in [0.2, 0.25) is 5.88 Å². The largest absolute Gasteiger partial charge is 0.473 e. The average molecular weight is 345 g/mol. The van der Waals surface area contributed by atoms with Crippen molar-refractivity contribution in [2.75, 3.05) is 18.8 Å². The van der Waals surface area contributed by atoms with Crippen LogP contribution in [0.5, 0.6) is 5.88 Å². The third-order valence-electron chi connectivity index (χ3n) is 4.54. The van der Waals surface area contributed by atoms with Crippen LogP contribution in [-0.4, -0.2) is 50.6 Å². The molecule has 2 fully saturated rings. The number of aromatic nitrogens is 2. The number of carbonyl (C=O) groups excluding carboxylic acids is 1. The molecule has 0 aromatic carbocycles. The summed E-state index contributed by atoms with van der Waals surface area (Å²) < 4.78 is 11.2. The van der Waals surface area contributed by atoms with E-state index in [-0.39, 0.29) is 16.8 Å². The van der Waals surface area contributed by atoms with E-state index in [1.165, 1.54) is 6.20 Å². The van der Waals surface area contributed by atoms with Gasteiger partial charge in [-0.2, -0.15) is 0 Å². The Kier molecular flexibility index (Phi) is 3.96. The van der Waals surface area contributed by atoms with Crippen LogP contribution < -0.4 is 4.74 Å². The van der Waals surface area contributed by atoms with Crippen molar-refractivity contribution in [2.45, 2.75) is 30.6 Å². The zero-order valence-electron chi connectivity index (χ0n) is 13.5. The maximum Gasteiger partial charge on any atom is 0.259 e. The minimum Gasteiger partial charge on any atom is -0.473 e. The van der Waals surface area contributed by atoms with Gasteiger partial charge in [-0.1, -0.05) is 18.1 Å². The van der Waals surface area contributed by atoms with Gasteiger partial charge in [0.1, 0.15) is 17.4 Å². The molecule has 0 aliphatic carbocycles. The Labute approximate surface area is 144 Å². The molecule has 0 bridgehead atoms. The molecule has 7 heteroatoms. The van der Waals surface area contributed by atoms with Crippen molar-refractivity contribution >= 4 is 17.7 Å². The highest BCUT2D eigenvalue weighted by molar-refractivity contribution is 8.01. The number of amides is 1. The Morgan fingerprint density at radius 2 is 2.38 bits per heavy atom. The summed E-state index contributed by atoms with van der Waals surface area (Å²) in [4.78, 5) is 18.6. The van der Waals surface area contributed by atoms with Crippen LogP contribution in [0.25, 0.3) is 0 Å². The quantitative estimate of drug-likeness (QED) is 0.848. The number of pyridine rings is 1. The summed E-state index contributed by atoms with van der Waals surface area (Å²) in [6.45, 7) is 3.47. The SMILES string of the molecule is CCc1oncc1C(=O)N1CC2(C[C@H](Oc3ccccn3)CS2)C1. The second-order valence-corrected chi connectivity index (χ2v) is 7.77. The topological polar surface area (TPSA) is 68.5 Å².